The fourth-order valence-electron chi connectivity index (χ4n) is 1.92. The van der Waals surface area contributed by atoms with Gasteiger partial charge in [0.2, 0.25) is 5.78 Å². The van der Waals surface area contributed by atoms with E-state index in [1.165, 1.54) is 0 Å². The maximum Gasteiger partial charge on any atom is 0.203 e. The average Bonchev–Trinajstić information content (AvgIpc) is 2.79. The first-order valence-electron chi connectivity index (χ1n) is 5.93. The van der Waals surface area contributed by atoms with Gasteiger partial charge < -0.3 is 14.6 Å². The van der Waals surface area contributed by atoms with Crippen molar-refractivity contribution >= 4 is 5.78 Å². The van der Waals surface area contributed by atoms with Gasteiger partial charge in [-0.1, -0.05) is 12.1 Å². The summed E-state index contributed by atoms with van der Waals surface area (Å²) in [6, 6.07) is 12.0. The van der Waals surface area contributed by atoms with Gasteiger partial charge in [0, 0.05) is 6.07 Å². The molecular weight excluding hydrogens is 244 g/mol. The lowest BCUT2D eigenvalue weighted by atomic mass is 10.1. The van der Waals surface area contributed by atoms with Gasteiger partial charge in [-0.05, 0) is 29.8 Å². The molecule has 0 atom stereocenters. The van der Waals surface area contributed by atoms with Gasteiger partial charge in [-0.25, -0.2) is 0 Å². The zero-order chi connectivity index (χ0) is 13.2. The average molecular weight is 256 g/mol. The van der Waals surface area contributed by atoms with Gasteiger partial charge >= 0.3 is 0 Å². The predicted molar refractivity (Wildman–Crippen MR) is 68.7 cm³/mol. The molecule has 96 valence electrons. The number of phenolic OH excluding ortho intramolecular Hbond substituents is 1. The Balaban J connectivity index is 1.71. The lowest BCUT2D eigenvalue weighted by Crippen LogP contribution is -1.98. The van der Waals surface area contributed by atoms with Crippen LogP contribution in [0, 0.1) is 0 Å². The molecular formula is C15H12O4. The van der Waals surface area contributed by atoms with Crippen LogP contribution in [0.5, 0.6) is 17.2 Å². The highest BCUT2D eigenvalue weighted by Gasteiger charge is 2.21. The summed E-state index contributed by atoms with van der Waals surface area (Å²) in [6.45, 7) is 0.504. The third-order valence-corrected chi connectivity index (χ3v) is 2.95. The van der Waals surface area contributed by atoms with E-state index in [4.69, 9.17) is 9.47 Å². The summed E-state index contributed by atoms with van der Waals surface area (Å²) in [5.41, 5.74) is 1.56. The second-order valence-electron chi connectivity index (χ2n) is 4.32. The van der Waals surface area contributed by atoms with Gasteiger partial charge in [-0.15, -0.1) is 0 Å². The van der Waals surface area contributed by atoms with Gasteiger partial charge in [0.05, 0.1) is 5.56 Å². The first-order valence-corrected chi connectivity index (χ1v) is 5.93. The normalized spacial score (nSPS) is 12.9. The molecule has 0 spiro atoms. The molecule has 0 fully saturated rings. The van der Waals surface area contributed by atoms with Crippen LogP contribution < -0.4 is 9.47 Å². The summed E-state index contributed by atoms with van der Waals surface area (Å²) in [7, 11) is 0. The molecule has 2 aromatic carbocycles. The highest BCUT2D eigenvalue weighted by atomic mass is 16.5. The molecule has 4 nitrogen and oxygen atoms in total. The minimum absolute atomic E-state index is 0.0000783. The Morgan fingerprint density at radius 2 is 1.95 bits per heavy atom. The molecule has 1 heterocycles. The number of ether oxygens (including phenoxy) is 2. The standard InChI is InChI=1S/C15H12O4/c16-11-3-1-10(2-4-11)8-18-12-5-6-13-14(17)9-19-15(13)7-12/h1-7,16H,8-9H2. The van der Waals surface area contributed by atoms with Gasteiger partial charge in [-0.3, -0.25) is 4.79 Å². The number of phenols is 1. The Kier molecular flexibility index (Phi) is 2.83. The van der Waals surface area contributed by atoms with Crippen molar-refractivity contribution < 1.29 is 19.4 Å². The van der Waals surface area contributed by atoms with Crippen LogP contribution in [0.25, 0.3) is 0 Å². The summed E-state index contributed by atoms with van der Waals surface area (Å²) in [4.78, 5) is 11.4. The van der Waals surface area contributed by atoms with Crippen LogP contribution in [0.3, 0.4) is 0 Å². The molecule has 19 heavy (non-hydrogen) atoms. The van der Waals surface area contributed by atoms with E-state index in [2.05, 4.69) is 0 Å². The van der Waals surface area contributed by atoms with Crippen molar-refractivity contribution in [2.75, 3.05) is 6.61 Å². The van der Waals surface area contributed by atoms with E-state index in [1.54, 1.807) is 42.5 Å². The van der Waals surface area contributed by atoms with Crippen LogP contribution in [0.15, 0.2) is 42.5 Å². The molecule has 1 N–H and O–H groups in total. The number of benzene rings is 2. The fraction of sp³-hybridized carbons (Fsp3) is 0.133. The molecule has 0 saturated carbocycles. The summed E-state index contributed by atoms with van der Waals surface area (Å²) >= 11 is 0. The summed E-state index contributed by atoms with van der Waals surface area (Å²) < 4.78 is 10.9. The molecule has 1 aliphatic rings. The number of ketones is 1. The number of fused-ring (bicyclic) bond motifs is 1. The SMILES string of the molecule is O=C1COc2cc(OCc3ccc(O)cc3)ccc21. The van der Waals surface area contributed by atoms with E-state index < -0.39 is 0 Å². The Hall–Kier alpha value is -2.49. The molecule has 0 saturated heterocycles. The zero-order valence-corrected chi connectivity index (χ0v) is 10.1. The lowest BCUT2D eigenvalue weighted by Gasteiger charge is -2.07. The second-order valence-corrected chi connectivity index (χ2v) is 4.32. The number of rotatable bonds is 3. The van der Waals surface area contributed by atoms with Gasteiger partial charge in [0.25, 0.3) is 0 Å². The predicted octanol–water partition coefficient (Wildman–Crippen LogP) is 2.55. The number of aromatic hydroxyl groups is 1. The molecule has 0 unspecified atom stereocenters. The van der Waals surface area contributed by atoms with Crippen LogP contribution in [-0.4, -0.2) is 17.5 Å². The van der Waals surface area contributed by atoms with Crippen molar-refractivity contribution in [3.8, 4) is 17.2 Å². The Bertz CT molecular complexity index is 617. The van der Waals surface area contributed by atoms with Gasteiger partial charge in [0.15, 0.2) is 6.61 Å². The molecule has 0 aromatic heterocycles. The van der Waals surface area contributed by atoms with E-state index >= 15 is 0 Å². The van der Waals surface area contributed by atoms with Crippen molar-refractivity contribution in [3.63, 3.8) is 0 Å². The number of Topliss-reactive ketones (excluding diaryl/α,β-unsaturated/α-hetero) is 1. The Morgan fingerprint density at radius 1 is 1.16 bits per heavy atom. The maximum absolute atomic E-state index is 11.4. The smallest absolute Gasteiger partial charge is 0.203 e. The Labute approximate surface area is 110 Å². The molecule has 0 aliphatic carbocycles. The van der Waals surface area contributed by atoms with Crippen molar-refractivity contribution in [2.24, 2.45) is 0 Å². The minimum atomic E-state index is 0.0000783. The van der Waals surface area contributed by atoms with E-state index in [0.29, 0.717) is 23.7 Å². The van der Waals surface area contributed by atoms with Crippen molar-refractivity contribution in [3.05, 3.63) is 53.6 Å². The number of hydrogen-bond acceptors (Lipinski definition) is 4. The monoisotopic (exact) mass is 256 g/mol. The molecule has 0 bridgehead atoms. The highest BCUT2D eigenvalue weighted by Crippen LogP contribution is 2.29. The molecule has 1 aliphatic heterocycles. The van der Waals surface area contributed by atoms with Crippen LogP contribution in [0.4, 0.5) is 0 Å². The second kappa shape index (κ2) is 4.65. The van der Waals surface area contributed by atoms with Crippen molar-refractivity contribution in [1.29, 1.82) is 0 Å². The van der Waals surface area contributed by atoms with Crippen molar-refractivity contribution in [2.45, 2.75) is 6.61 Å². The first-order chi connectivity index (χ1) is 9.22. The third kappa shape index (κ3) is 2.38. The molecule has 0 radical (unpaired) electrons. The summed E-state index contributed by atoms with van der Waals surface area (Å²) in [5, 5.41) is 9.18. The topological polar surface area (TPSA) is 55.8 Å². The summed E-state index contributed by atoms with van der Waals surface area (Å²) in [5.74, 6) is 1.46. The lowest BCUT2D eigenvalue weighted by molar-refractivity contribution is 0.0961. The highest BCUT2D eigenvalue weighted by molar-refractivity contribution is 6.02. The number of hydrogen-bond donors (Lipinski definition) is 1. The van der Waals surface area contributed by atoms with E-state index in [0.717, 1.165) is 5.56 Å². The largest absolute Gasteiger partial charge is 0.508 e. The quantitative estimate of drug-likeness (QED) is 0.916. The Morgan fingerprint density at radius 3 is 2.74 bits per heavy atom. The minimum Gasteiger partial charge on any atom is -0.508 e. The molecule has 4 heteroatoms. The van der Waals surface area contributed by atoms with Crippen LogP contribution in [-0.2, 0) is 6.61 Å². The first kappa shape index (κ1) is 11.6. The van der Waals surface area contributed by atoms with Gasteiger partial charge in [-0.2, -0.15) is 0 Å². The van der Waals surface area contributed by atoms with Crippen molar-refractivity contribution in [1.82, 2.24) is 0 Å². The van der Waals surface area contributed by atoms with Crippen LogP contribution in [0.1, 0.15) is 15.9 Å². The zero-order valence-electron chi connectivity index (χ0n) is 10.1. The third-order valence-electron chi connectivity index (χ3n) is 2.95. The van der Waals surface area contributed by atoms with E-state index in [1.807, 2.05) is 0 Å². The van der Waals surface area contributed by atoms with E-state index in [9.17, 15) is 9.90 Å². The molecule has 0 amide bonds. The molecule has 2 aromatic rings. The fourth-order valence-corrected chi connectivity index (χ4v) is 1.92. The maximum atomic E-state index is 11.4. The number of carbonyl (C=O) groups excluding carboxylic acids is 1. The number of carbonyl (C=O) groups is 1. The van der Waals surface area contributed by atoms with E-state index in [-0.39, 0.29) is 18.1 Å². The van der Waals surface area contributed by atoms with Crippen LogP contribution >= 0.6 is 0 Å². The molecule has 3 rings (SSSR count). The van der Waals surface area contributed by atoms with Crippen LogP contribution in [0.2, 0.25) is 0 Å². The summed E-state index contributed by atoms with van der Waals surface area (Å²) in [6.07, 6.45) is 0. The van der Waals surface area contributed by atoms with Gasteiger partial charge in [0.1, 0.15) is 23.9 Å².